The van der Waals surface area contributed by atoms with Crippen LogP contribution in [0.5, 0.6) is 0 Å². The van der Waals surface area contributed by atoms with Crippen molar-refractivity contribution >= 4 is 19.8 Å². The number of aliphatic hydroxyl groups excluding tert-OH is 5. The third kappa shape index (κ3) is 15.2. The normalized spacial score (nSPS) is 26.7. The largest absolute Gasteiger partial charge is 0.472 e. The summed E-state index contributed by atoms with van der Waals surface area (Å²) in [6, 6.07) is 0. The highest BCUT2D eigenvalue weighted by atomic mass is 31.2. The van der Waals surface area contributed by atoms with Crippen molar-refractivity contribution in [2.75, 3.05) is 13.2 Å². The van der Waals surface area contributed by atoms with Crippen molar-refractivity contribution in [3.05, 3.63) is 0 Å². The van der Waals surface area contributed by atoms with Crippen molar-refractivity contribution in [3.63, 3.8) is 0 Å². The summed E-state index contributed by atoms with van der Waals surface area (Å²) in [5, 5.41) is 49.3. The fourth-order valence-electron chi connectivity index (χ4n) is 4.44. The topological polar surface area (TPSA) is 210 Å². The first kappa shape index (κ1) is 37.9. The van der Waals surface area contributed by atoms with E-state index in [-0.39, 0.29) is 12.8 Å². The molecule has 1 rings (SSSR count). The Balaban J connectivity index is 2.53. The number of phosphoric acid groups is 1. The van der Waals surface area contributed by atoms with Crippen LogP contribution in [-0.2, 0) is 32.7 Å². The van der Waals surface area contributed by atoms with E-state index in [1.165, 1.54) is 38.5 Å². The molecule has 6 unspecified atom stereocenters. The average Bonchev–Trinajstić information content (AvgIpc) is 2.93. The molecule has 0 radical (unpaired) electrons. The van der Waals surface area contributed by atoms with Crippen LogP contribution in [0.15, 0.2) is 0 Å². The maximum absolute atomic E-state index is 12.5. The van der Waals surface area contributed by atoms with E-state index < -0.39 is 75.7 Å². The maximum Gasteiger partial charge on any atom is 0.472 e. The standard InChI is InChI=1S/C27H51O13P/c1-3-5-6-7-8-9-10-11-12-13-14-16-21(29)39-19(17-37-20(28)15-4-2)18-38-41(35,36)40-27-25(33)23(31)22(30)24(32)26(27)34/h19,22-27,30-34H,3-18H2,1-2H3,(H,35,36). The molecule has 6 atom stereocenters. The molecule has 0 aromatic rings. The van der Waals surface area contributed by atoms with E-state index in [1.54, 1.807) is 6.92 Å². The van der Waals surface area contributed by atoms with Gasteiger partial charge in [-0.05, 0) is 12.8 Å². The number of hydrogen-bond acceptors (Lipinski definition) is 12. The molecule has 0 bridgehead atoms. The highest BCUT2D eigenvalue weighted by molar-refractivity contribution is 7.47. The lowest BCUT2D eigenvalue weighted by Crippen LogP contribution is -2.64. The summed E-state index contributed by atoms with van der Waals surface area (Å²) in [6.07, 6.45) is -0.171. The van der Waals surface area contributed by atoms with Gasteiger partial charge in [0.1, 0.15) is 43.2 Å². The van der Waals surface area contributed by atoms with Gasteiger partial charge in [-0.1, -0.05) is 78.1 Å². The summed E-state index contributed by atoms with van der Waals surface area (Å²) in [5.74, 6) is -1.16. The number of esters is 2. The molecule has 1 saturated carbocycles. The second-order valence-electron chi connectivity index (χ2n) is 10.6. The molecule has 13 nitrogen and oxygen atoms in total. The van der Waals surface area contributed by atoms with Crippen LogP contribution in [0.4, 0.5) is 0 Å². The van der Waals surface area contributed by atoms with E-state index in [0.717, 1.165) is 25.7 Å². The molecule has 0 amide bonds. The second kappa shape index (κ2) is 20.7. The number of carbonyl (C=O) groups excluding carboxylic acids is 2. The van der Waals surface area contributed by atoms with Crippen LogP contribution in [0.25, 0.3) is 0 Å². The van der Waals surface area contributed by atoms with E-state index >= 15 is 0 Å². The van der Waals surface area contributed by atoms with Crippen molar-refractivity contribution in [3.8, 4) is 0 Å². The molecule has 0 saturated heterocycles. The summed E-state index contributed by atoms with van der Waals surface area (Å²) in [7, 11) is -5.07. The Bertz CT molecular complexity index is 766. The van der Waals surface area contributed by atoms with E-state index in [0.29, 0.717) is 12.8 Å². The zero-order valence-corrected chi connectivity index (χ0v) is 25.2. The SMILES string of the molecule is CCCCCCCCCCCCCC(=O)OC(COC(=O)CCC)COP(=O)(O)OC1C(O)C(O)C(O)C(O)C1O. The maximum atomic E-state index is 12.5. The molecule has 1 aliphatic rings. The van der Waals surface area contributed by atoms with E-state index in [4.69, 9.17) is 18.5 Å². The molecule has 0 aromatic carbocycles. The van der Waals surface area contributed by atoms with Gasteiger partial charge in [-0.2, -0.15) is 0 Å². The lowest BCUT2D eigenvalue weighted by Gasteiger charge is -2.41. The van der Waals surface area contributed by atoms with Gasteiger partial charge < -0.3 is 39.9 Å². The Morgan fingerprint density at radius 2 is 1.15 bits per heavy atom. The molecular formula is C27H51O13P. The summed E-state index contributed by atoms with van der Waals surface area (Å²) >= 11 is 0. The summed E-state index contributed by atoms with van der Waals surface area (Å²) in [4.78, 5) is 34.3. The van der Waals surface area contributed by atoms with Crippen molar-refractivity contribution < 1.29 is 63.1 Å². The Kier molecular flexibility index (Phi) is 19.1. The molecule has 242 valence electrons. The minimum Gasteiger partial charge on any atom is -0.462 e. The van der Waals surface area contributed by atoms with Gasteiger partial charge >= 0.3 is 19.8 Å². The lowest BCUT2D eigenvalue weighted by molar-refractivity contribution is -0.220. The number of aliphatic hydroxyl groups is 5. The van der Waals surface area contributed by atoms with Crippen LogP contribution in [0.3, 0.4) is 0 Å². The first-order valence-electron chi connectivity index (χ1n) is 14.8. The number of hydrogen-bond donors (Lipinski definition) is 6. The summed E-state index contributed by atoms with van der Waals surface area (Å²) < 4.78 is 32.5. The molecule has 14 heteroatoms. The van der Waals surface area contributed by atoms with Crippen molar-refractivity contribution in [1.82, 2.24) is 0 Å². The zero-order valence-electron chi connectivity index (χ0n) is 24.3. The molecule has 0 aliphatic heterocycles. The number of ether oxygens (including phenoxy) is 2. The van der Waals surface area contributed by atoms with Gasteiger partial charge in [0, 0.05) is 12.8 Å². The van der Waals surface area contributed by atoms with Gasteiger partial charge in [0.25, 0.3) is 0 Å². The van der Waals surface area contributed by atoms with Gasteiger partial charge in [-0.15, -0.1) is 0 Å². The van der Waals surface area contributed by atoms with Crippen molar-refractivity contribution in [1.29, 1.82) is 0 Å². The van der Waals surface area contributed by atoms with E-state index in [1.807, 2.05) is 0 Å². The Hall–Kier alpha value is -1.15. The second-order valence-corrected chi connectivity index (χ2v) is 12.0. The molecule has 0 spiro atoms. The van der Waals surface area contributed by atoms with E-state index in [9.17, 15) is 44.6 Å². The molecule has 6 N–H and O–H groups in total. The third-order valence-electron chi connectivity index (χ3n) is 6.92. The molecule has 0 aromatic heterocycles. The molecule has 41 heavy (non-hydrogen) atoms. The molecule has 1 aliphatic carbocycles. The Morgan fingerprint density at radius 3 is 1.66 bits per heavy atom. The highest BCUT2D eigenvalue weighted by Crippen LogP contribution is 2.47. The fraction of sp³-hybridized carbons (Fsp3) is 0.926. The lowest BCUT2D eigenvalue weighted by atomic mass is 9.85. The number of unbranched alkanes of at least 4 members (excludes halogenated alkanes) is 10. The van der Waals surface area contributed by atoms with Crippen LogP contribution >= 0.6 is 7.82 Å². The van der Waals surface area contributed by atoms with E-state index in [2.05, 4.69) is 6.92 Å². The molecule has 1 fully saturated rings. The third-order valence-corrected chi connectivity index (χ3v) is 7.90. The van der Waals surface area contributed by atoms with Crippen LogP contribution in [0.2, 0.25) is 0 Å². The minimum absolute atomic E-state index is 0.0995. The highest BCUT2D eigenvalue weighted by Gasteiger charge is 2.51. The van der Waals surface area contributed by atoms with Gasteiger partial charge in [0.05, 0.1) is 6.61 Å². The minimum atomic E-state index is -5.07. The van der Waals surface area contributed by atoms with Gasteiger partial charge in [0.2, 0.25) is 0 Å². The zero-order chi connectivity index (χ0) is 30.8. The first-order valence-corrected chi connectivity index (χ1v) is 16.3. The van der Waals surface area contributed by atoms with Gasteiger partial charge in [-0.3, -0.25) is 18.6 Å². The van der Waals surface area contributed by atoms with Gasteiger partial charge in [-0.25, -0.2) is 4.57 Å². The van der Waals surface area contributed by atoms with Crippen molar-refractivity contribution in [2.45, 2.75) is 146 Å². The van der Waals surface area contributed by atoms with Crippen molar-refractivity contribution in [2.24, 2.45) is 0 Å². The van der Waals surface area contributed by atoms with Crippen LogP contribution in [0.1, 0.15) is 104 Å². The predicted octanol–water partition coefficient (Wildman–Crippen LogP) is 2.26. The molecule has 0 heterocycles. The van der Waals surface area contributed by atoms with Crippen LogP contribution in [-0.4, -0.2) is 98.3 Å². The monoisotopic (exact) mass is 614 g/mol. The Morgan fingerprint density at radius 1 is 0.659 bits per heavy atom. The van der Waals surface area contributed by atoms with Crippen LogP contribution in [0, 0.1) is 0 Å². The van der Waals surface area contributed by atoms with Crippen LogP contribution < -0.4 is 0 Å². The quantitative estimate of drug-likeness (QED) is 0.0588. The fourth-order valence-corrected chi connectivity index (χ4v) is 5.41. The average molecular weight is 615 g/mol. The predicted molar refractivity (Wildman–Crippen MR) is 148 cm³/mol. The number of rotatable bonds is 22. The first-order chi connectivity index (χ1) is 19.4. The molecular weight excluding hydrogens is 563 g/mol. The Labute approximate surface area is 242 Å². The summed E-state index contributed by atoms with van der Waals surface area (Å²) in [5.41, 5.74) is 0. The number of carbonyl (C=O) groups is 2. The summed E-state index contributed by atoms with van der Waals surface area (Å²) in [6.45, 7) is 2.79. The number of phosphoric ester groups is 1. The van der Waals surface area contributed by atoms with Gasteiger partial charge in [0.15, 0.2) is 6.10 Å². The smallest absolute Gasteiger partial charge is 0.462 e.